The number of rotatable bonds is 3. The molecule has 0 radical (unpaired) electrons. The molecule has 2 atom stereocenters. The molecule has 164 valence electrons. The van der Waals surface area contributed by atoms with Crippen molar-refractivity contribution in [3.63, 3.8) is 0 Å². The number of carboxylic acid groups (broad SMARTS) is 1. The number of pyridine rings is 1. The second kappa shape index (κ2) is 7.67. The summed E-state index contributed by atoms with van der Waals surface area (Å²) < 4.78 is 54.7. The number of nitrogens with zero attached hydrogens (tertiary/aromatic N) is 3. The van der Waals surface area contributed by atoms with Gasteiger partial charge in [0.05, 0.1) is 21.7 Å². The highest BCUT2D eigenvalue weighted by atomic mass is 35.5. The number of aromatic nitrogens is 1. The fourth-order valence-electron chi connectivity index (χ4n) is 4.35. The van der Waals surface area contributed by atoms with Gasteiger partial charge in [-0.15, -0.1) is 0 Å². The fourth-order valence-corrected chi connectivity index (χ4v) is 4.64. The number of fused-ring (bicyclic) bond motifs is 2. The zero-order valence-corrected chi connectivity index (χ0v) is 16.7. The summed E-state index contributed by atoms with van der Waals surface area (Å²) in [6, 6.07) is 3.31. The molecule has 11 heteroatoms. The van der Waals surface area contributed by atoms with Crippen LogP contribution in [0.5, 0.6) is 0 Å². The molecule has 3 heterocycles. The highest BCUT2D eigenvalue weighted by molar-refractivity contribution is 6.33. The van der Waals surface area contributed by atoms with Crippen LogP contribution in [-0.4, -0.2) is 52.0 Å². The van der Waals surface area contributed by atoms with E-state index < -0.39 is 34.9 Å². The molecule has 2 bridgehead atoms. The van der Waals surface area contributed by atoms with Crippen LogP contribution in [0.3, 0.4) is 0 Å². The molecular weight excluding hydrogens is 440 g/mol. The normalized spacial score (nSPS) is 20.8. The number of alkyl halides is 3. The summed E-state index contributed by atoms with van der Waals surface area (Å²) in [5.41, 5.74) is -1.98. The molecule has 31 heavy (non-hydrogen) atoms. The quantitative estimate of drug-likeness (QED) is 0.409. The van der Waals surface area contributed by atoms with Crippen LogP contribution in [0.1, 0.15) is 34.3 Å². The van der Waals surface area contributed by atoms with Gasteiger partial charge in [-0.2, -0.15) is 13.2 Å². The third kappa shape index (κ3) is 3.80. The van der Waals surface area contributed by atoms with Crippen molar-refractivity contribution in [2.45, 2.75) is 31.1 Å². The number of piperazine rings is 1. The van der Waals surface area contributed by atoms with Gasteiger partial charge in [0, 0.05) is 31.4 Å². The van der Waals surface area contributed by atoms with E-state index in [0.29, 0.717) is 31.7 Å². The van der Waals surface area contributed by atoms with E-state index in [9.17, 15) is 22.4 Å². The summed E-state index contributed by atoms with van der Waals surface area (Å²) in [4.78, 5) is 18.6. The van der Waals surface area contributed by atoms with Crippen molar-refractivity contribution in [1.29, 1.82) is 5.41 Å². The minimum Gasteiger partial charge on any atom is -0.478 e. The van der Waals surface area contributed by atoms with Crippen molar-refractivity contribution in [1.82, 2.24) is 9.88 Å². The monoisotopic (exact) mass is 456 g/mol. The van der Waals surface area contributed by atoms with Crippen LogP contribution in [0.4, 0.5) is 23.4 Å². The van der Waals surface area contributed by atoms with Crippen molar-refractivity contribution in [2.75, 3.05) is 18.0 Å². The number of amidine groups is 1. The molecule has 1 aromatic heterocycles. The van der Waals surface area contributed by atoms with Gasteiger partial charge in [0.25, 0.3) is 0 Å². The van der Waals surface area contributed by atoms with E-state index >= 15 is 0 Å². The Bertz CT molecular complexity index is 1050. The Hall–Kier alpha value is -2.88. The van der Waals surface area contributed by atoms with E-state index in [0.717, 1.165) is 18.2 Å². The van der Waals surface area contributed by atoms with Crippen molar-refractivity contribution < 1.29 is 27.5 Å². The van der Waals surface area contributed by atoms with E-state index in [-0.39, 0.29) is 22.7 Å². The maximum atomic E-state index is 14.4. The molecule has 2 saturated heterocycles. The van der Waals surface area contributed by atoms with Gasteiger partial charge in [-0.1, -0.05) is 17.7 Å². The molecule has 0 aliphatic carbocycles. The van der Waals surface area contributed by atoms with Gasteiger partial charge < -0.3 is 14.9 Å². The number of carboxylic acids is 1. The maximum absolute atomic E-state index is 14.4. The lowest BCUT2D eigenvalue weighted by atomic mass is 10.0. The Labute approximate surface area is 179 Å². The van der Waals surface area contributed by atoms with E-state index in [1.165, 1.54) is 12.3 Å². The van der Waals surface area contributed by atoms with E-state index in [2.05, 4.69) is 4.98 Å². The summed E-state index contributed by atoms with van der Waals surface area (Å²) in [7, 11) is 0. The number of anilines is 1. The lowest BCUT2D eigenvalue weighted by molar-refractivity contribution is -0.138. The van der Waals surface area contributed by atoms with E-state index in [1.54, 1.807) is 4.90 Å². The molecule has 0 spiro atoms. The van der Waals surface area contributed by atoms with Crippen molar-refractivity contribution in [2.24, 2.45) is 0 Å². The molecule has 2 aliphatic heterocycles. The molecule has 2 aliphatic rings. The number of hydrogen-bond donors (Lipinski definition) is 2. The van der Waals surface area contributed by atoms with Crippen LogP contribution in [0, 0.1) is 11.2 Å². The van der Waals surface area contributed by atoms with Crippen LogP contribution in [0.25, 0.3) is 0 Å². The van der Waals surface area contributed by atoms with Gasteiger partial charge in [-0.3, -0.25) is 5.41 Å². The number of aromatic carboxylic acids is 1. The zero-order chi connectivity index (χ0) is 22.5. The first-order valence-corrected chi connectivity index (χ1v) is 9.82. The summed E-state index contributed by atoms with van der Waals surface area (Å²) in [5, 5.41) is 17.6. The first-order valence-electron chi connectivity index (χ1n) is 9.44. The number of nitrogens with one attached hydrogen (secondary N) is 1. The molecular formula is C20H17ClF4N4O2. The zero-order valence-electron chi connectivity index (χ0n) is 16.0. The Morgan fingerprint density at radius 3 is 2.42 bits per heavy atom. The molecule has 2 unspecified atom stereocenters. The number of hydrogen-bond acceptors (Lipinski definition) is 4. The Morgan fingerprint density at radius 2 is 1.87 bits per heavy atom. The van der Waals surface area contributed by atoms with Crippen LogP contribution < -0.4 is 4.90 Å². The average Bonchev–Trinajstić information content (AvgIpc) is 2.96. The summed E-state index contributed by atoms with van der Waals surface area (Å²) in [6.07, 6.45) is -2.36. The number of halogens is 5. The molecule has 4 rings (SSSR count). The van der Waals surface area contributed by atoms with E-state index in [1.807, 2.05) is 4.90 Å². The van der Waals surface area contributed by atoms with Crippen LogP contribution in [-0.2, 0) is 6.18 Å². The van der Waals surface area contributed by atoms with Gasteiger partial charge in [-0.25, -0.2) is 14.2 Å². The van der Waals surface area contributed by atoms with Crippen molar-refractivity contribution in [3.8, 4) is 0 Å². The fraction of sp³-hybridized carbons (Fsp3) is 0.350. The Kier molecular flexibility index (Phi) is 5.28. The second-order valence-corrected chi connectivity index (χ2v) is 7.95. The van der Waals surface area contributed by atoms with Gasteiger partial charge in [0.15, 0.2) is 0 Å². The standard InChI is InChI=1S/C20H17ClF4N4O2/c21-14-6-10(19(30)31)7-27-18(14)28-8-11-4-5-12(9-28)29(11)17(26)16-13(20(23,24)25)2-1-3-15(16)22/h1-3,6-7,11-12,26H,4-5,8-9H2,(H,30,31). The lowest BCUT2D eigenvalue weighted by Gasteiger charge is -2.43. The average molecular weight is 457 g/mol. The SMILES string of the molecule is N=C(c1c(F)cccc1C(F)(F)F)N1C2CCC1CN(c1ncc(C(=O)O)cc1Cl)C2. The molecule has 2 N–H and O–H groups in total. The third-order valence-corrected chi connectivity index (χ3v) is 5.94. The highest BCUT2D eigenvalue weighted by Crippen LogP contribution is 2.38. The van der Waals surface area contributed by atoms with Crippen molar-refractivity contribution >= 4 is 29.2 Å². The van der Waals surface area contributed by atoms with E-state index in [4.69, 9.17) is 22.1 Å². The van der Waals surface area contributed by atoms with Crippen LogP contribution in [0.2, 0.25) is 5.02 Å². The molecule has 0 amide bonds. The van der Waals surface area contributed by atoms with Gasteiger partial charge >= 0.3 is 12.1 Å². The molecule has 0 saturated carbocycles. The molecule has 2 fully saturated rings. The Balaban J connectivity index is 1.62. The topological polar surface area (TPSA) is 80.5 Å². The maximum Gasteiger partial charge on any atom is 0.417 e. The summed E-state index contributed by atoms with van der Waals surface area (Å²) in [5.74, 6) is -2.37. The summed E-state index contributed by atoms with van der Waals surface area (Å²) >= 11 is 6.21. The first kappa shape index (κ1) is 21.4. The third-order valence-electron chi connectivity index (χ3n) is 5.66. The molecule has 1 aromatic carbocycles. The van der Waals surface area contributed by atoms with Gasteiger partial charge in [0.1, 0.15) is 17.5 Å². The highest BCUT2D eigenvalue weighted by Gasteiger charge is 2.45. The van der Waals surface area contributed by atoms with Crippen LogP contribution >= 0.6 is 11.6 Å². The molecule has 6 nitrogen and oxygen atoms in total. The largest absolute Gasteiger partial charge is 0.478 e. The number of benzene rings is 1. The smallest absolute Gasteiger partial charge is 0.417 e. The van der Waals surface area contributed by atoms with Gasteiger partial charge in [-0.05, 0) is 31.0 Å². The second-order valence-electron chi connectivity index (χ2n) is 7.54. The first-order chi connectivity index (χ1) is 14.6. The minimum atomic E-state index is -4.78. The minimum absolute atomic E-state index is 0.0589. The summed E-state index contributed by atoms with van der Waals surface area (Å²) in [6.45, 7) is 0.627. The van der Waals surface area contributed by atoms with Crippen molar-refractivity contribution in [3.05, 3.63) is 58.0 Å². The van der Waals surface area contributed by atoms with Crippen LogP contribution in [0.15, 0.2) is 30.5 Å². The lowest BCUT2D eigenvalue weighted by Crippen LogP contribution is -2.56. The molecule has 2 aromatic rings. The number of carbonyl (C=O) groups is 1. The predicted molar refractivity (Wildman–Crippen MR) is 105 cm³/mol. The van der Waals surface area contributed by atoms with Gasteiger partial charge in [0.2, 0.25) is 0 Å². The predicted octanol–water partition coefficient (Wildman–Crippen LogP) is 4.27. The Morgan fingerprint density at radius 1 is 1.23 bits per heavy atom.